The third-order valence-corrected chi connectivity index (χ3v) is 3.00. The lowest BCUT2D eigenvalue weighted by atomic mass is 9.88. The monoisotopic (exact) mass is 239 g/mol. The molecule has 0 aliphatic carbocycles. The van der Waals surface area contributed by atoms with Crippen molar-refractivity contribution >= 4 is 5.97 Å². The SMILES string of the molecule is CC(NCC1(C)COC1)c1ccc(C(=O)O)o1. The average Bonchev–Trinajstić information content (AvgIpc) is 2.72. The van der Waals surface area contributed by atoms with Crippen molar-refractivity contribution < 1.29 is 19.1 Å². The summed E-state index contributed by atoms with van der Waals surface area (Å²) < 4.78 is 10.4. The van der Waals surface area contributed by atoms with E-state index in [2.05, 4.69) is 12.2 Å². The Hall–Kier alpha value is -1.33. The minimum atomic E-state index is -1.04. The first kappa shape index (κ1) is 12.1. The summed E-state index contributed by atoms with van der Waals surface area (Å²) in [5, 5.41) is 12.1. The van der Waals surface area contributed by atoms with Gasteiger partial charge in [0.15, 0.2) is 0 Å². The van der Waals surface area contributed by atoms with Crippen molar-refractivity contribution in [2.45, 2.75) is 19.9 Å². The quantitative estimate of drug-likeness (QED) is 0.817. The molecule has 1 unspecified atom stereocenters. The number of hydrogen-bond acceptors (Lipinski definition) is 4. The maximum atomic E-state index is 10.7. The zero-order valence-electron chi connectivity index (χ0n) is 10.0. The number of aromatic carboxylic acids is 1. The summed E-state index contributed by atoms with van der Waals surface area (Å²) in [6.45, 7) is 6.47. The highest BCUT2D eigenvalue weighted by Crippen LogP contribution is 2.26. The van der Waals surface area contributed by atoms with Gasteiger partial charge in [-0.1, -0.05) is 6.92 Å². The highest BCUT2D eigenvalue weighted by Gasteiger charge is 2.33. The summed E-state index contributed by atoms with van der Waals surface area (Å²) in [6, 6.07) is 3.17. The van der Waals surface area contributed by atoms with Crippen LogP contribution >= 0.6 is 0 Å². The smallest absolute Gasteiger partial charge is 0.371 e. The molecule has 1 fully saturated rings. The Morgan fingerprint density at radius 1 is 1.59 bits per heavy atom. The summed E-state index contributed by atoms with van der Waals surface area (Å²) in [5.41, 5.74) is 0.191. The van der Waals surface area contributed by atoms with Gasteiger partial charge in [-0.2, -0.15) is 0 Å². The first-order chi connectivity index (χ1) is 8.00. The lowest BCUT2D eigenvalue weighted by Gasteiger charge is -2.38. The van der Waals surface area contributed by atoms with E-state index in [9.17, 15) is 4.79 Å². The molecule has 1 atom stereocenters. The standard InChI is InChI=1S/C12H17NO4/c1-8(13-5-12(2)6-16-7-12)9-3-4-10(17-9)11(14)15/h3-4,8,13H,5-7H2,1-2H3,(H,14,15). The zero-order chi connectivity index (χ0) is 12.5. The summed E-state index contributed by atoms with van der Waals surface area (Å²) >= 11 is 0. The molecule has 0 saturated carbocycles. The zero-order valence-corrected chi connectivity index (χ0v) is 10.0. The first-order valence-electron chi connectivity index (χ1n) is 5.64. The molecule has 0 spiro atoms. The van der Waals surface area contributed by atoms with Crippen molar-refractivity contribution in [3.05, 3.63) is 23.7 Å². The highest BCUT2D eigenvalue weighted by molar-refractivity contribution is 5.84. The van der Waals surface area contributed by atoms with Gasteiger partial charge in [0.1, 0.15) is 5.76 Å². The lowest BCUT2D eigenvalue weighted by molar-refractivity contribution is -0.100. The van der Waals surface area contributed by atoms with Crippen LogP contribution in [0.2, 0.25) is 0 Å². The molecule has 5 heteroatoms. The van der Waals surface area contributed by atoms with Crippen LogP contribution in [-0.4, -0.2) is 30.8 Å². The van der Waals surface area contributed by atoms with E-state index in [-0.39, 0.29) is 17.2 Å². The molecule has 0 radical (unpaired) electrons. The lowest BCUT2D eigenvalue weighted by Crippen LogP contribution is -2.47. The van der Waals surface area contributed by atoms with Crippen LogP contribution in [0.5, 0.6) is 0 Å². The summed E-state index contributed by atoms with van der Waals surface area (Å²) in [7, 11) is 0. The Balaban J connectivity index is 1.90. The summed E-state index contributed by atoms with van der Waals surface area (Å²) in [6.07, 6.45) is 0. The van der Waals surface area contributed by atoms with Gasteiger partial charge in [-0.05, 0) is 19.1 Å². The molecule has 0 amide bonds. The Kier molecular flexibility index (Phi) is 3.22. The molecular formula is C12H17NO4. The van der Waals surface area contributed by atoms with Gasteiger partial charge < -0.3 is 19.6 Å². The van der Waals surface area contributed by atoms with Crippen molar-refractivity contribution in [3.8, 4) is 0 Å². The topological polar surface area (TPSA) is 71.7 Å². The van der Waals surface area contributed by atoms with Gasteiger partial charge in [-0.25, -0.2) is 4.79 Å². The second-order valence-electron chi connectivity index (χ2n) is 4.91. The number of carbonyl (C=O) groups is 1. The van der Waals surface area contributed by atoms with Gasteiger partial charge in [0.25, 0.3) is 0 Å². The highest BCUT2D eigenvalue weighted by atomic mass is 16.5. The van der Waals surface area contributed by atoms with Crippen molar-refractivity contribution in [2.24, 2.45) is 5.41 Å². The van der Waals surface area contributed by atoms with E-state index in [1.807, 2.05) is 6.92 Å². The number of nitrogens with one attached hydrogen (secondary N) is 1. The number of rotatable bonds is 5. The minimum absolute atomic E-state index is 0.000486. The minimum Gasteiger partial charge on any atom is -0.475 e. The van der Waals surface area contributed by atoms with Crippen LogP contribution < -0.4 is 5.32 Å². The molecule has 1 aromatic rings. The Bertz CT molecular complexity index is 408. The maximum absolute atomic E-state index is 10.7. The second-order valence-corrected chi connectivity index (χ2v) is 4.91. The maximum Gasteiger partial charge on any atom is 0.371 e. The fourth-order valence-corrected chi connectivity index (χ4v) is 1.75. The second kappa shape index (κ2) is 4.50. The molecular weight excluding hydrogens is 222 g/mol. The van der Waals surface area contributed by atoms with Crippen molar-refractivity contribution in [1.82, 2.24) is 5.32 Å². The molecule has 1 aromatic heterocycles. The first-order valence-corrected chi connectivity index (χ1v) is 5.64. The van der Waals surface area contributed by atoms with Gasteiger partial charge in [-0.3, -0.25) is 0 Å². The number of hydrogen-bond donors (Lipinski definition) is 2. The molecule has 0 aromatic carbocycles. The number of ether oxygens (including phenoxy) is 1. The van der Waals surface area contributed by atoms with Crippen LogP contribution in [0.1, 0.15) is 36.2 Å². The molecule has 1 saturated heterocycles. The largest absolute Gasteiger partial charge is 0.475 e. The summed E-state index contributed by atoms with van der Waals surface area (Å²) in [5.74, 6) is -0.416. The summed E-state index contributed by atoms with van der Waals surface area (Å²) in [4.78, 5) is 10.7. The normalized spacial score (nSPS) is 19.6. The molecule has 0 bridgehead atoms. The van der Waals surface area contributed by atoms with Crippen LogP contribution in [-0.2, 0) is 4.74 Å². The predicted molar refractivity (Wildman–Crippen MR) is 61.0 cm³/mol. The van der Waals surface area contributed by atoms with Crippen LogP contribution in [0, 0.1) is 5.41 Å². The van der Waals surface area contributed by atoms with Crippen molar-refractivity contribution in [3.63, 3.8) is 0 Å². The van der Waals surface area contributed by atoms with E-state index in [1.54, 1.807) is 6.07 Å². The van der Waals surface area contributed by atoms with Gasteiger partial charge in [0, 0.05) is 12.0 Å². The Labute approximate surface area is 99.8 Å². The van der Waals surface area contributed by atoms with E-state index in [1.165, 1.54) is 6.07 Å². The van der Waals surface area contributed by atoms with E-state index < -0.39 is 5.97 Å². The molecule has 1 aliphatic rings. The molecule has 2 rings (SSSR count). The van der Waals surface area contributed by atoms with Gasteiger partial charge >= 0.3 is 5.97 Å². The number of carboxylic acid groups (broad SMARTS) is 1. The van der Waals surface area contributed by atoms with Crippen LogP contribution in [0.3, 0.4) is 0 Å². The molecule has 1 aliphatic heterocycles. The molecule has 2 heterocycles. The van der Waals surface area contributed by atoms with Crippen LogP contribution in [0.25, 0.3) is 0 Å². The third kappa shape index (κ3) is 2.68. The van der Waals surface area contributed by atoms with Gasteiger partial charge in [-0.15, -0.1) is 0 Å². The number of carboxylic acids is 1. The Morgan fingerprint density at radius 3 is 2.76 bits per heavy atom. The van der Waals surface area contributed by atoms with Crippen LogP contribution in [0.4, 0.5) is 0 Å². The van der Waals surface area contributed by atoms with Gasteiger partial charge in [0.2, 0.25) is 5.76 Å². The van der Waals surface area contributed by atoms with Crippen molar-refractivity contribution in [1.29, 1.82) is 0 Å². The van der Waals surface area contributed by atoms with Gasteiger partial charge in [0.05, 0.1) is 19.3 Å². The van der Waals surface area contributed by atoms with Crippen LogP contribution in [0.15, 0.2) is 16.5 Å². The molecule has 94 valence electrons. The fraction of sp³-hybridized carbons (Fsp3) is 0.583. The van der Waals surface area contributed by atoms with E-state index in [4.69, 9.17) is 14.3 Å². The van der Waals surface area contributed by atoms with Crippen molar-refractivity contribution in [2.75, 3.05) is 19.8 Å². The predicted octanol–water partition coefficient (Wildman–Crippen LogP) is 1.66. The average molecular weight is 239 g/mol. The molecule has 5 nitrogen and oxygen atoms in total. The van der Waals surface area contributed by atoms with E-state index >= 15 is 0 Å². The Morgan fingerprint density at radius 2 is 2.29 bits per heavy atom. The van der Waals surface area contributed by atoms with E-state index in [0.717, 1.165) is 19.8 Å². The third-order valence-electron chi connectivity index (χ3n) is 3.00. The fourth-order valence-electron chi connectivity index (χ4n) is 1.75. The van der Waals surface area contributed by atoms with E-state index in [0.29, 0.717) is 5.76 Å². The number of furan rings is 1. The molecule has 2 N–H and O–H groups in total. The molecule has 17 heavy (non-hydrogen) atoms.